The van der Waals surface area contributed by atoms with Crippen molar-refractivity contribution in [1.82, 2.24) is 28.8 Å². The number of likely N-dealkylation sites (tertiary alicyclic amines) is 1. The number of piperidine rings is 1. The quantitative estimate of drug-likeness (QED) is 0.535. The number of thiazole rings is 1. The van der Waals surface area contributed by atoms with Crippen LogP contribution in [0.5, 0.6) is 0 Å². The van der Waals surface area contributed by atoms with Crippen molar-refractivity contribution in [1.29, 1.82) is 0 Å². The maximum atomic E-state index is 12.8. The number of imidazole rings is 2. The Labute approximate surface area is 166 Å². The molecule has 1 aliphatic heterocycles. The monoisotopic (exact) mass is 392 g/mol. The molecule has 0 radical (unpaired) electrons. The number of carbonyl (C=O) groups excluding carboxylic acids is 1. The Hall–Kier alpha value is -3.00. The van der Waals surface area contributed by atoms with Crippen LogP contribution in [0.15, 0.2) is 54.7 Å². The van der Waals surface area contributed by atoms with Crippen LogP contribution < -0.4 is 0 Å². The SMILES string of the molecule is O=C(c1cn2ccsc2n1)N1CCC(c2nccn2Cc2ccncc2)CC1. The van der Waals surface area contributed by atoms with Crippen molar-refractivity contribution in [3.05, 3.63) is 71.8 Å². The third-order valence-electron chi connectivity index (χ3n) is 5.31. The Morgan fingerprint density at radius 1 is 1.14 bits per heavy atom. The molecule has 5 rings (SSSR count). The van der Waals surface area contributed by atoms with Crippen molar-refractivity contribution >= 4 is 22.2 Å². The zero-order chi connectivity index (χ0) is 18.9. The first kappa shape index (κ1) is 17.1. The minimum atomic E-state index is 0.0227. The number of hydrogen-bond donors (Lipinski definition) is 0. The minimum Gasteiger partial charge on any atom is -0.337 e. The van der Waals surface area contributed by atoms with E-state index in [4.69, 9.17) is 0 Å². The number of amides is 1. The lowest BCUT2D eigenvalue weighted by Crippen LogP contribution is -2.38. The molecule has 0 N–H and O–H groups in total. The van der Waals surface area contributed by atoms with E-state index in [0.29, 0.717) is 11.6 Å². The normalized spacial score (nSPS) is 15.4. The lowest BCUT2D eigenvalue weighted by Gasteiger charge is -2.31. The van der Waals surface area contributed by atoms with Crippen LogP contribution in [0.4, 0.5) is 0 Å². The molecule has 8 heteroatoms. The van der Waals surface area contributed by atoms with Gasteiger partial charge in [-0.25, -0.2) is 9.97 Å². The molecule has 1 amide bonds. The van der Waals surface area contributed by atoms with Crippen LogP contribution in [0.3, 0.4) is 0 Å². The summed E-state index contributed by atoms with van der Waals surface area (Å²) in [4.78, 5) is 28.7. The molecular weight excluding hydrogens is 372 g/mol. The summed E-state index contributed by atoms with van der Waals surface area (Å²) in [6.45, 7) is 2.26. The summed E-state index contributed by atoms with van der Waals surface area (Å²) in [6.07, 6.45) is 13.1. The number of fused-ring (bicyclic) bond motifs is 1. The van der Waals surface area contributed by atoms with Gasteiger partial charge in [-0.2, -0.15) is 0 Å². The number of carbonyl (C=O) groups is 1. The van der Waals surface area contributed by atoms with Crippen molar-refractivity contribution in [3.8, 4) is 0 Å². The van der Waals surface area contributed by atoms with E-state index in [1.165, 1.54) is 16.9 Å². The van der Waals surface area contributed by atoms with Gasteiger partial charge in [-0.05, 0) is 30.5 Å². The second-order valence-corrected chi connectivity index (χ2v) is 7.93. The number of nitrogens with zero attached hydrogens (tertiary/aromatic N) is 6. The van der Waals surface area contributed by atoms with Crippen molar-refractivity contribution in [2.24, 2.45) is 0 Å². The highest BCUT2D eigenvalue weighted by atomic mass is 32.1. The summed E-state index contributed by atoms with van der Waals surface area (Å²) in [6, 6.07) is 4.06. The molecule has 0 aliphatic carbocycles. The predicted molar refractivity (Wildman–Crippen MR) is 107 cm³/mol. The molecule has 0 atom stereocenters. The molecule has 142 valence electrons. The van der Waals surface area contributed by atoms with Crippen LogP contribution in [0, 0.1) is 0 Å². The topological polar surface area (TPSA) is 68.3 Å². The molecule has 4 aromatic heterocycles. The van der Waals surface area contributed by atoms with Gasteiger partial charge in [0.15, 0.2) is 4.96 Å². The van der Waals surface area contributed by atoms with E-state index < -0.39 is 0 Å². The summed E-state index contributed by atoms with van der Waals surface area (Å²) in [5.41, 5.74) is 1.74. The molecule has 0 spiro atoms. The second-order valence-electron chi connectivity index (χ2n) is 7.05. The van der Waals surface area contributed by atoms with Crippen molar-refractivity contribution in [2.45, 2.75) is 25.3 Å². The fourth-order valence-corrected chi connectivity index (χ4v) is 4.53. The molecule has 5 heterocycles. The first-order valence-electron chi connectivity index (χ1n) is 9.39. The first-order valence-corrected chi connectivity index (χ1v) is 10.3. The number of rotatable bonds is 4. The van der Waals surface area contributed by atoms with Gasteiger partial charge in [0, 0.05) is 68.1 Å². The third kappa shape index (κ3) is 3.20. The van der Waals surface area contributed by atoms with E-state index in [9.17, 15) is 4.79 Å². The molecule has 0 bridgehead atoms. The van der Waals surface area contributed by atoms with Crippen molar-refractivity contribution in [2.75, 3.05) is 13.1 Å². The fourth-order valence-electron chi connectivity index (χ4n) is 3.83. The Morgan fingerprint density at radius 3 is 2.75 bits per heavy atom. The zero-order valence-corrected chi connectivity index (χ0v) is 16.1. The van der Waals surface area contributed by atoms with Gasteiger partial charge in [0.05, 0.1) is 0 Å². The molecule has 0 unspecified atom stereocenters. The average Bonchev–Trinajstić information content (AvgIpc) is 3.45. The van der Waals surface area contributed by atoms with E-state index in [1.807, 2.05) is 64.0 Å². The maximum absolute atomic E-state index is 12.8. The van der Waals surface area contributed by atoms with E-state index >= 15 is 0 Å². The van der Waals surface area contributed by atoms with Gasteiger partial charge in [-0.1, -0.05) is 0 Å². The minimum absolute atomic E-state index is 0.0227. The Bertz CT molecular complexity index is 1060. The average molecular weight is 392 g/mol. The molecular formula is C20H20N6OS. The lowest BCUT2D eigenvalue weighted by atomic mass is 9.95. The number of hydrogen-bond acceptors (Lipinski definition) is 5. The first-order chi connectivity index (χ1) is 13.8. The molecule has 4 aromatic rings. The Balaban J connectivity index is 1.25. The highest BCUT2D eigenvalue weighted by Crippen LogP contribution is 2.28. The molecule has 7 nitrogen and oxygen atoms in total. The van der Waals surface area contributed by atoms with Crippen LogP contribution in [0.25, 0.3) is 4.96 Å². The van der Waals surface area contributed by atoms with Gasteiger partial charge in [-0.3, -0.25) is 14.2 Å². The Kier molecular flexibility index (Phi) is 4.40. The van der Waals surface area contributed by atoms with Crippen LogP contribution in [-0.4, -0.2) is 47.8 Å². The maximum Gasteiger partial charge on any atom is 0.274 e. The fraction of sp³-hybridized carbons (Fsp3) is 0.300. The second kappa shape index (κ2) is 7.20. The molecule has 1 saturated heterocycles. The molecule has 0 aromatic carbocycles. The molecule has 28 heavy (non-hydrogen) atoms. The third-order valence-corrected chi connectivity index (χ3v) is 6.08. The summed E-state index contributed by atoms with van der Waals surface area (Å²) in [5.74, 6) is 1.49. The summed E-state index contributed by atoms with van der Waals surface area (Å²) >= 11 is 1.54. The van der Waals surface area contributed by atoms with E-state index in [1.54, 1.807) is 0 Å². The molecule has 1 aliphatic rings. The number of pyridine rings is 1. The number of aromatic nitrogens is 5. The van der Waals surface area contributed by atoms with Crippen LogP contribution in [-0.2, 0) is 6.54 Å². The van der Waals surface area contributed by atoms with Crippen LogP contribution >= 0.6 is 11.3 Å². The van der Waals surface area contributed by atoms with Gasteiger partial charge < -0.3 is 9.47 Å². The van der Waals surface area contributed by atoms with Gasteiger partial charge in [0.1, 0.15) is 11.5 Å². The van der Waals surface area contributed by atoms with Gasteiger partial charge in [-0.15, -0.1) is 11.3 Å². The van der Waals surface area contributed by atoms with Crippen molar-refractivity contribution < 1.29 is 4.79 Å². The van der Waals surface area contributed by atoms with Crippen LogP contribution in [0.1, 0.15) is 40.6 Å². The predicted octanol–water partition coefficient (Wildman–Crippen LogP) is 3.06. The van der Waals surface area contributed by atoms with Gasteiger partial charge in [0.25, 0.3) is 5.91 Å². The van der Waals surface area contributed by atoms with Gasteiger partial charge >= 0.3 is 0 Å². The summed E-state index contributed by atoms with van der Waals surface area (Å²) in [7, 11) is 0. The largest absolute Gasteiger partial charge is 0.337 e. The summed E-state index contributed by atoms with van der Waals surface area (Å²) < 4.78 is 4.11. The highest BCUT2D eigenvalue weighted by Gasteiger charge is 2.28. The van der Waals surface area contributed by atoms with E-state index in [-0.39, 0.29) is 5.91 Å². The van der Waals surface area contributed by atoms with E-state index in [2.05, 4.69) is 19.5 Å². The zero-order valence-electron chi connectivity index (χ0n) is 15.3. The van der Waals surface area contributed by atoms with Crippen LogP contribution in [0.2, 0.25) is 0 Å². The van der Waals surface area contributed by atoms with Gasteiger partial charge in [0.2, 0.25) is 0 Å². The van der Waals surface area contributed by atoms with Crippen molar-refractivity contribution in [3.63, 3.8) is 0 Å². The standard InChI is InChI=1S/C20H20N6OS/c27-19(17-14-26-11-12-28-20(26)23-17)24-8-3-16(4-9-24)18-22-7-10-25(18)13-15-1-5-21-6-2-15/h1-2,5-7,10-12,14,16H,3-4,8-9,13H2. The highest BCUT2D eigenvalue weighted by molar-refractivity contribution is 7.15. The van der Waals surface area contributed by atoms with E-state index in [0.717, 1.165) is 43.3 Å². The Morgan fingerprint density at radius 2 is 1.96 bits per heavy atom. The lowest BCUT2D eigenvalue weighted by molar-refractivity contribution is 0.0705. The smallest absolute Gasteiger partial charge is 0.274 e. The molecule has 0 saturated carbocycles. The molecule has 1 fully saturated rings. The summed E-state index contributed by atoms with van der Waals surface area (Å²) in [5, 5.41) is 1.97.